The Bertz CT molecular complexity index is 469. The molecule has 0 aromatic heterocycles. The van der Waals surface area contributed by atoms with Crippen LogP contribution in [0.15, 0.2) is 30.3 Å². The second kappa shape index (κ2) is 8.22. The van der Waals surface area contributed by atoms with Crippen molar-refractivity contribution in [2.75, 3.05) is 19.6 Å². The molecule has 0 amide bonds. The number of nitrogens with one attached hydrogen (secondary N) is 1. The van der Waals surface area contributed by atoms with Crippen molar-refractivity contribution in [1.82, 2.24) is 10.2 Å². The van der Waals surface area contributed by atoms with E-state index in [4.69, 9.17) is 0 Å². The van der Waals surface area contributed by atoms with Crippen LogP contribution in [0.4, 0.5) is 0 Å². The van der Waals surface area contributed by atoms with E-state index in [1.54, 1.807) is 0 Å². The third-order valence-corrected chi connectivity index (χ3v) is 4.33. The van der Waals surface area contributed by atoms with Gasteiger partial charge in [0.05, 0.1) is 0 Å². The molecule has 0 bridgehead atoms. The summed E-state index contributed by atoms with van der Waals surface area (Å²) in [6.07, 6.45) is 2.10. The number of piperazine rings is 1. The van der Waals surface area contributed by atoms with E-state index in [1.165, 1.54) is 5.56 Å². The SMILES string of the molecule is CC#CCCN1CC(Cc2ccccc2)NCC1C(C)C. The summed E-state index contributed by atoms with van der Waals surface area (Å²) in [5, 5.41) is 3.74. The summed E-state index contributed by atoms with van der Waals surface area (Å²) >= 11 is 0. The molecule has 1 saturated heterocycles. The molecule has 1 aliphatic rings. The smallest absolute Gasteiger partial charge is 0.0244 e. The van der Waals surface area contributed by atoms with Crippen molar-refractivity contribution < 1.29 is 0 Å². The van der Waals surface area contributed by atoms with Crippen molar-refractivity contribution in [2.24, 2.45) is 5.92 Å². The summed E-state index contributed by atoms with van der Waals surface area (Å²) in [5.41, 5.74) is 1.42. The van der Waals surface area contributed by atoms with Crippen LogP contribution in [0.2, 0.25) is 0 Å². The maximum Gasteiger partial charge on any atom is 0.0244 e. The van der Waals surface area contributed by atoms with Crippen LogP contribution in [0.1, 0.15) is 32.8 Å². The minimum absolute atomic E-state index is 0.553. The third kappa shape index (κ3) is 4.88. The van der Waals surface area contributed by atoms with Crippen LogP contribution in [0.3, 0.4) is 0 Å². The first-order valence-corrected chi connectivity index (χ1v) is 8.11. The van der Waals surface area contributed by atoms with Crippen LogP contribution in [0.25, 0.3) is 0 Å². The molecule has 1 fully saturated rings. The fourth-order valence-corrected chi connectivity index (χ4v) is 3.17. The second-order valence-electron chi connectivity index (χ2n) is 6.28. The van der Waals surface area contributed by atoms with Crippen LogP contribution < -0.4 is 5.32 Å². The lowest BCUT2D eigenvalue weighted by molar-refractivity contribution is 0.101. The number of hydrogen-bond donors (Lipinski definition) is 1. The van der Waals surface area contributed by atoms with Gasteiger partial charge in [-0.25, -0.2) is 0 Å². The van der Waals surface area contributed by atoms with Crippen molar-refractivity contribution in [3.63, 3.8) is 0 Å². The molecule has 2 heteroatoms. The van der Waals surface area contributed by atoms with E-state index >= 15 is 0 Å². The first kappa shape index (κ1) is 16.1. The van der Waals surface area contributed by atoms with Gasteiger partial charge in [-0.15, -0.1) is 11.8 Å². The molecule has 2 atom stereocenters. The molecule has 0 spiro atoms. The van der Waals surface area contributed by atoms with Gasteiger partial charge in [0, 0.05) is 38.1 Å². The van der Waals surface area contributed by atoms with E-state index in [0.717, 1.165) is 32.5 Å². The van der Waals surface area contributed by atoms with Crippen molar-refractivity contribution in [3.8, 4) is 11.8 Å². The average Bonchev–Trinajstić information content (AvgIpc) is 2.48. The van der Waals surface area contributed by atoms with Gasteiger partial charge in [-0.1, -0.05) is 44.2 Å². The third-order valence-electron chi connectivity index (χ3n) is 4.33. The Kier molecular flexibility index (Phi) is 6.29. The van der Waals surface area contributed by atoms with Gasteiger partial charge in [0.1, 0.15) is 0 Å². The van der Waals surface area contributed by atoms with Gasteiger partial charge in [-0.2, -0.15) is 0 Å². The zero-order valence-corrected chi connectivity index (χ0v) is 13.6. The van der Waals surface area contributed by atoms with Gasteiger partial charge in [-0.3, -0.25) is 4.90 Å². The van der Waals surface area contributed by atoms with Gasteiger partial charge in [0.15, 0.2) is 0 Å². The molecule has 1 aliphatic heterocycles. The molecular weight excluding hydrogens is 256 g/mol. The quantitative estimate of drug-likeness (QED) is 0.836. The first-order chi connectivity index (χ1) is 10.2. The fraction of sp³-hybridized carbons (Fsp3) is 0.579. The molecule has 21 heavy (non-hydrogen) atoms. The summed E-state index contributed by atoms with van der Waals surface area (Å²) in [4.78, 5) is 2.64. The molecule has 1 N–H and O–H groups in total. The Morgan fingerprint density at radius 3 is 2.71 bits per heavy atom. The predicted molar refractivity (Wildman–Crippen MR) is 90.2 cm³/mol. The van der Waals surface area contributed by atoms with Gasteiger partial charge in [0.2, 0.25) is 0 Å². The lowest BCUT2D eigenvalue weighted by Crippen LogP contribution is -2.58. The van der Waals surface area contributed by atoms with Gasteiger partial charge >= 0.3 is 0 Å². The van der Waals surface area contributed by atoms with Gasteiger partial charge < -0.3 is 5.32 Å². The summed E-state index contributed by atoms with van der Waals surface area (Å²) in [7, 11) is 0. The van der Waals surface area contributed by atoms with Crippen molar-refractivity contribution in [2.45, 2.75) is 45.7 Å². The van der Waals surface area contributed by atoms with E-state index < -0.39 is 0 Å². The number of rotatable bonds is 5. The Morgan fingerprint density at radius 1 is 1.29 bits per heavy atom. The topological polar surface area (TPSA) is 15.3 Å². The highest BCUT2D eigenvalue weighted by molar-refractivity contribution is 5.16. The fourth-order valence-electron chi connectivity index (χ4n) is 3.17. The molecule has 1 heterocycles. The monoisotopic (exact) mass is 284 g/mol. The van der Waals surface area contributed by atoms with Crippen LogP contribution in [-0.2, 0) is 6.42 Å². The van der Waals surface area contributed by atoms with Crippen molar-refractivity contribution in [3.05, 3.63) is 35.9 Å². The van der Waals surface area contributed by atoms with E-state index in [0.29, 0.717) is 18.0 Å². The summed E-state index contributed by atoms with van der Waals surface area (Å²) in [6.45, 7) is 9.88. The highest BCUT2D eigenvalue weighted by Crippen LogP contribution is 2.17. The normalized spacial score (nSPS) is 22.9. The molecule has 2 rings (SSSR count). The molecule has 1 aromatic rings. The van der Waals surface area contributed by atoms with Gasteiger partial charge in [0.25, 0.3) is 0 Å². The summed E-state index contributed by atoms with van der Waals surface area (Å²) < 4.78 is 0. The van der Waals surface area contributed by atoms with E-state index in [9.17, 15) is 0 Å². The van der Waals surface area contributed by atoms with Crippen LogP contribution in [0.5, 0.6) is 0 Å². The molecule has 2 unspecified atom stereocenters. The minimum Gasteiger partial charge on any atom is -0.311 e. The Hall–Kier alpha value is -1.30. The maximum atomic E-state index is 3.74. The van der Waals surface area contributed by atoms with E-state index in [-0.39, 0.29) is 0 Å². The molecule has 0 radical (unpaired) electrons. The number of hydrogen-bond acceptors (Lipinski definition) is 2. The maximum absolute atomic E-state index is 3.74. The van der Waals surface area contributed by atoms with E-state index in [2.05, 4.69) is 66.2 Å². The first-order valence-electron chi connectivity index (χ1n) is 8.11. The second-order valence-corrected chi connectivity index (χ2v) is 6.28. The largest absolute Gasteiger partial charge is 0.311 e. The molecule has 0 aliphatic carbocycles. The van der Waals surface area contributed by atoms with Crippen molar-refractivity contribution in [1.29, 1.82) is 0 Å². The van der Waals surface area contributed by atoms with Crippen molar-refractivity contribution >= 4 is 0 Å². The van der Waals surface area contributed by atoms with Crippen LogP contribution in [0, 0.1) is 17.8 Å². The minimum atomic E-state index is 0.553. The molecule has 1 aromatic carbocycles. The lowest BCUT2D eigenvalue weighted by atomic mass is 9.95. The Balaban J connectivity index is 1.95. The van der Waals surface area contributed by atoms with Gasteiger partial charge in [-0.05, 0) is 24.8 Å². The van der Waals surface area contributed by atoms with E-state index in [1.807, 2.05) is 6.92 Å². The highest BCUT2D eigenvalue weighted by atomic mass is 15.2. The predicted octanol–water partition coefficient (Wildman–Crippen LogP) is 2.94. The zero-order valence-electron chi connectivity index (χ0n) is 13.6. The number of nitrogens with zero attached hydrogens (tertiary/aromatic N) is 1. The Labute approximate surface area is 129 Å². The Morgan fingerprint density at radius 2 is 2.05 bits per heavy atom. The van der Waals surface area contributed by atoms with Crippen LogP contribution in [-0.4, -0.2) is 36.6 Å². The zero-order chi connectivity index (χ0) is 15.1. The molecular formula is C19H28N2. The number of benzene rings is 1. The summed E-state index contributed by atoms with van der Waals surface area (Å²) in [5.74, 6) is 6.90. The van der Waals surface area contributed by atoms with Crippen LogP contribution >= 0.6 is 0 Å². The average molecular weight is 284 g/mol. The standard InChI is InChI=1S/C19H28N2/c1-4-5-9-12-21-15-18(20-14-19(21)16(2)3)13-17-10-7-6-8-11-17/h6-8,10-11,16,18-20H,9,12-15H2,1-3H3. The molecule has 0 saturated carbocycles. The lowest BCUT2D eigenvalue weighted by Gasteiger charge is -2.42. The molecule has 114 valence electrons. The highest BCUT2D eigenvalue weighted by Gasteiger charge is 2.29. The molecule has 2 nitrogen and oxygen atoms in total. The summed E-state index contributed by atoms with van der Waals surface area (Å²) in [6, 6.07) is 12.0.